The Bertz CT molecular complexity index is 231. The zero-order valence-electron chi connectivity index (χ0n) is 6.05. The van der Waals surface area contributed by atoms with E-state index in [-0.39, 0.29) is 5.70 Å². The molecule has 0 amide bonds. The molecule has 0 fully saturated rings. The molecule has 0 bridgehead atoms. The molecule has 6 heteroatoms. The van der Waals surface area contributed by atoms with E-state index < -0.39 is 12.2 Å². The molecule has 3 nitrogen and oxygen atoms in total. The van der Waals surface area contributed by atoms with Gasteiger partial charge in [0.2, 0.25) is 0 Å². The zero-order valence-corrected chi connectivity index (χ0v) is 6.05. The third-order valence-corrected chi connectivity index (χ3v) is 1.45. The second kappa shape index (κ2) is 2.71. The van der Waals surface area contributed by atoms with Gasteiger partial charge >= 0.3 is 6.18 Å². The minimum atomic E-state index is -4.38. The van der Waals surface area contributed by atoms with Gasteiger partial charge in [-0.25, -0.2) is 5.84 Å². The highest BCUT2D eigenvalue weighted by Gasteiger charge is 2.41. The topological polar surface area (TPSA) is 55.3 Å². The highest BCUT2D eigenvalue weighted by atomic mass is 19.4. The van der Waals surface area contributed by atoms with Crippen LogP contribution in [-0.4, -0.2) is 17.2 Å². The van der Waals surface area contributed by atoms with E-state index in [2.05, 4.69) is 0 Å². The molecular formula is C6H8F3N3. The highest BCUT2D eigenvalue weighted by molar-refractivity contribution is 5.22. The van der Waals surface area contributed by atoms with Gasteiger partial charge < -0.3 is 10.7 Å². The van der Waals surface area contributed by atoms with Gasteiger partial charge in [0, 0.05) is 11.9 Å². The predicted octanol–water partition coefficient (Wildman–Crippen LogP) is 0.463. The van der Waals surface area contributed by atoms with Crippen LogP contribution < -0.4 is 11.6 Å². The molecule has 0 saturated carbocycles. The van der Waals surface area contributed by atoms with Crippen molar-refractivity contribution in [2.24, 2.45) is 11.6 Å². The first-order valence-corrected chi connectivity index (χ1v) is 3.16. The van der Waals surface area contributed by atoms with Crippen molar-refractivity contribution in [3.8, 4) is 0 Å². The third-order valence-electron chi connectivity index (χ3n) is 1.45. The molecule has 68 valence electrons. The number of hydrogen-bond acceptors (Lipinski definition) is 3. The summed E-state index contributed by atoms with van der Waals surface area (Å²) in [7, 11) is 0. The summed E-state index contributed by atoms with van der Waals surface area (Å²) in [6.07, 6.45) is -1.13. The zero-order chi connectivity index (χ0) is 9.35. The third kappa shape index (κ3) is 1.70. The van der Waals surface area contributed by atoms with E-state index in [1.54, 1.807) is 0 Å². The van der Waals surface area contributed by atoms with E-state index in [9.17, 15) is 13.2 Å². The first-order valence-electron chi connectivity index (χ1n) is 3.16. The van der Waals surface area contributed by atoms with Gasteiger partial charge in [0.1, 0.15) is 0 Å². The number of nitrogens with zero attached hydrogens (tertiary/aromatic N) is 1. The molecule has 1 unspecified atom stereocenters. The summed E-state index contributed by atoms with van der Waals surface area (Å²) < 4.78 is 36.3. The van der Waals surface area contributed by atoms with Crippen molar-refractivity contribution < 1.29 is 13.2 Å². The van der Waals surface area contributed by atoms with Crippen LogP contribution in [0, 0.1) is 0 Å². The molecule has 0 saturated heterocycles. The summed E-state index contributed by atoms with van der Waals surface area (Å²) in [6.45, 7) is 0. The summed E-state index contributed by atoms with van der Waals surface area (Å²) in [4.78, 5) is 0. The Hall–Kier alpha value is -1.17. The van der Waals surface area contributed by atoms with Crippen LogP contribution in [0.15, 0.2) is 24.0 Å². The average molecular weight is 179 g/mol. The smallest absolute Gasteiger partial charge is 0.399 e. The maximum absolute atomic E-state index is 12.1. The standard InChI is InChI=1S/C6H8F3N3/c7-6(8,9)5-3-4(10)1-2-12(5)11/h1-3,5H,10-11H2. The van der Waals surface area contributed by atoms with Gasteiger partial charge in [-0.1, -0.05) is 0 Å². The van der Waals surface area contributed by atoms with E-state index in [1.165, 1.54) is 6.08 Å². The number of alkyl halides is 3. The van der Waals surface area contributed by atoms with Gasteiger partial charge in [0.15, 0.2) is 6.04 Å². The number of nitrogens with two attached hydrogens (primary N) is 2. The first kappa shape index (κ1) is 8.92. The Labute approximate surface area is 67.1 Å². The van der Waals surface area contributed by atoms with Crippen molar-refractivity contribution in [1.82, 2.24) is 5.01 Å². The van der Waals surface area contributed by atoms with E-state index in [0.717, 1.165) is 12.3 Å². The van der Waals surface area contributed by atoms with Crippen LogP contribution in [0.4, 0.5) is 13.2 Å². The second-order valence-electron chi connectivity index (χ2n) is 2.42. The second-order valence-corrected chi connectivity index (χ2v) is 2.42. The fraction of sp³-hybridized carbons (Fsp3) is 0.333. The average Bonchev–Trinajstić information content (AvgIpc) is 1.92. The minimum Gasteiger partial charge on any atom is -0.399 e. The Morgan fingerprint density at radius 1 is 1.42 bits per heavy atom. The van der Waals surface area contributed by atoms with Crippen molar-refractivity contribution in [1.29, 1.82) is 0 Å². The molecule has 0 spiro atoms. The molecule has 0 radical (unpaired) electrons. The van der Waals surface area contributed by atoms with Crippen LogP contribution in [-0.2, 0) is 0 Å². The lowest BCUT2D eigenvalue weighted by atomic mass is 10.2. The van der Waals surface area contributed by atoms with Crippen LogP contribution >= 0.6 is 0 Å². The summed E-state index contributed by atoms with van der Waals surface area (Å²) in [6, 6.07) is -1.82. The largest absolute Gasteiger partial charge is 0.413 e. The number of hydrazine groups is 1. The van der Waals surface area contributed by atoms with E-state index >= 15 is 0 Å². The molecule has 4 N–H and O–H groups in total. The molecule has 1 aliphatic rings. The molecule has 1 aliphatic heterocycles. The Morgan fingerprint density at radius 3 is 2.42 bits per heavy atom. The fourth-order valence-electron chi connectivity index (χ4n) is 0.852. The highest BCUT2D eigenvalue weighted by Crippen LogP contribution is 2.26. The molecule has 0 aromatic heterocycles. The van der Waals surface area contributed by atoms with Gasteiger partial charge in [-0.3, -0.25) is 0 Å². The van der Waals surface area contributed by atoms with E-state index in [4.69, 9.17) is 11.6 Å². The molecule has 1 rings (SSSR count). The number of allylic oxidation sites excluding steroid dienone is 1. The van der Waals surface area contributed by atoms with Gasteiger partial charge in [-0.2, -0.15) is 13.2 Å². The number of halogens is 3. The van der Waals surface area contributed by atoms with E-state index in [0.29, 0.717) is 5.01 Å². The molecule has 1 atom stereocenters. The lowest BCUT2D eigenvalue weighted by Crippen LogP contribution is -2.47. The normalized spacial score (nSPS) is 24.2. The summed E-state index contributed by atoms with van der Waals surface area (Å²) in [5.74, 6) is 5.05. The van der Waals surface area contributed by atoms with E-state index in [1.807, 2.05) is 0 Å². The maximum Gasteiger partial charge on any atom is 0.413 e. The Morgan fingerprint density at radius 2 is 2.00 bits per heavy atom. The summed E-state index contributed by atoms with van der Waals surface area (Å²) in [5.41, 5.74) is 5.24. The lowest BCUT2D eigenvalue weighted by Gasteiger charge is -2.28. The van der Waals surface area contributed by atoms with Crippen molar-refractivity contribution >= 4 is 0 Å². The van der Waals surface area contributed by atoms with Crippen LogP contribution in [0.1, 0.15) is 0 Å². The summed E-state index contributed by atoms with van der Waals surface area (Å²) in [5, 5.41) is 0.566. The van der Waals surface area contributed by atoms with Gasteiger partial charge in [0.05, 0.1) is 0 Å². The van der Waals surface area contributed by atoms with Gasteiger partial charge in [0.25, 0.3) is 0 Å². The molecule has 0 aromatic carbocycles. The molecule has 12 heavy (non-hydrogen) atoms. The summed E-state index contributed by atoms with van der Waals surface area (Å²) >= 11 is 0. The lowest BCUT2D eigenvalue weighted by molar-refractivity contribution is -0.164. The quantitative estimate of drug-likeness (QED) is 0.531. The Kier molecular flexibility index (Phi) is 2.01. The monoisotopic (exact) mass is 179 g/mol. The first-order chi connectivity index (χ1) is 5.41. The van der Waals surface area contributed by atoms with Gasteiger partial charge in [-0.05, 0) is 12.2 Å². The SMILES string of the molecule is NC1=CC(C(F)(F)F)N(N)C=C1. The number of rotatable bonds is 0. The molecule has 0 aliphatic carbocycles. The van der Waals surface area contributed by atoms with Crippen molar-refractivity contribution in [3.63, 3.8) is 0 Å². The van der Waals surface area contributed by atoms with Crippen molar-refractivity contribution in [2.45, 2.75) is 12.2 Å². The minimum absolute atomic E-state index is 0.0685. The van der Waals surface area contributed by atoms with Crippen LogP contribution in [0.5, 0.6) is 0 Å². The van der Waals surface area contributed by atoms with Gasteiger partial charge in [-0.15, -0.1) is 0 Å². The predicted molar refractivity (Wildman–Crippen MR) is 37.3 cm³/mol. The van der Waals surface area contributed by atoms with Crippen molar-refractivity contribution in [2.75, 3.05) is 0 Å². The fourth-order valence-corrected chi connectivity index (χ4v) is 0.852. The number of hydrogen-bond donors (Lipinski definition) is 2. The maximum atomic E-state index is 12.1. The molecule has 1 heterocycles. The van der Waals surface area contributed by atoms with Crippen LogP contribution in [0.2, 0.25) is 0 Å². The van der Waals surface area contributed by atoms with Crippen LogP contribution in [0.25, 0.3) is 0 Å². The molecular weight excluding hydrogens is 171 g/mol. The molecule has 0 aromatic rings. The van der Waals surface area contributed by atoms with Crippen LogP contribution in [0.3, 0.4) is 0 Å². The Balaban J connectivity index is 2.85. The van der Waals surface area contributed by atoms with Crippen molar-refractivity contribution in [3.05, 3.63) is 24.0 Å².